The van der Waals surface area contributed by atoms with Gasteiger partial charge in [-0.2, -0.15) is 5.10 Å². The second kappa shape index (κ2) is 4.22. The minimum Gasteiger partial charge on any atom is -0.382 e. The number of nitrogen functional groups attached to an aromatic ring is 1. The Morgan fingerprint density at radius 1 is 1.06 bits per heavy atom. The smallest absolute Gasteiger partial charge is 0.145 e. The third-order valence-corrected chi connectivity index (χ3v) is 3.21. The van der Waals surface area contributed by atoms with Crippen molar-refractivity contribution in [3.05, 3.63) is 47.7 Å². The van der Waals surface area contributed by atoms with E-state index in [1.165, 1.54) is 11.1 Å². The quantitative estimate of drug-likeness (QED) is 0.865. The molecule has 2 N–H and O–H groups in total. The zero-order chi connectivity index (χ0) is 11.7. The first-order chi connectivity index (χ1) is 8.31. The van der Waals surface area contributed by atoms with Gasteiger partial charge < -0.3 is 5.73 Å². The topological polar surface area (TPSA) is 47.1 Å². The van der Waals surface area contributed by atoms with Crippen molar-refractivity contribution >= 4 is 5.82 Å². The van der Waals surface area contributed by atoms with E-state index in [4.69, 9.17) is 5.73 Å². The normalized spacial score (nSPS) is 15.1. The molecule has 0 saturated carbocycles. The molecule has 0 spiro atoms. The van der Waals surface area contributed by atoms with Crippen LogP contribution in [0.3, 0.4) is 0 Å². The summed E-state index contributed by atoms with van der Waals surface area (Å²) in [6.45, 7) is 4.00. The number of hydrogen-bond donors (Lipinski definition) is 1. The zero-order valence-electron chi connectivity index (χ0n) is 9.71. The zero-order valence-corrected chi connectivity index (χ0v) is 9.71. The number of anilines is 1. The van der Waals surface area contributed by atoms with Crippen LogP contribution in [0.25, 0.3) is 0 Å². The number of benzene rings is 1. The van der Waals surface area contributed by atoms with Gasteiger partial charge in [0.05, 0.1) is 6.54 Å². The second-order valence-corrected chi connectivity index (χ2v) is 4.48. The van der Waals surface area contributed by atoms with Crippen molar-refractivity contribution < 1.29 is 0 Å². The summed E-state index contributed by atoms with van der Waals surface area (Å²) in [6.07, 6.45) is 1.93. The first-order valence-corrected chi connectivity index (χ1v) is 5.89. The minimum atomic E-state index is 0.592. The van der Waals surface area contributed by atoms with Crippen molar-refractivity contribution in [2.45, 2.75) is 19.6 Å². The highest BCUT2D eigenvalue weighted by atomic mass is 15.3. The third kappa shape index (κ3) is 2.17. The van der Waals surface area contributed by atoms with Crippen molar-refractivity contribution in [2.75, 3.05) is 12.3 Å². The Balaban J connectivity index is 1.59. The first-order valence-electron chi connectivity index (χ1n) is 5.89. The van der Waals surface area contributed by atoms with Gasteiger partial charge in [0, 0.05) is 25.8 Å². The van der Waals surface area contributed by atoms with E-state index in [9.17, 15) is 0 Å². The van der Waals surface area contributed by atoms with Crippen LogP contribution in [0, 0.1) is 0 Å². The van der Waals surface area contributed by atoms with Gasteiger partial charge in [0.2, 0.25) is 0 Å². The molecule has 0 aliphatic carbocycles. The van der Waals surface area contributed by atoms with E-state index in [1.807, 2.05) is 16.9 Å². The maximum Gasteiger partial charge on any atom is 0.145 e. The first kappa shape index (κ1) is 10.4. The van der Waals surface area contributed by atoms with Crippen LogP contribution in [-0.2, 0) is 19.6 Å². The van der Waals surface area contributed by atoms with Crippen molar-refractivity contribution in [1.82, 2.24) is 14.7 Å². The molecule has 0 saturated heterocycles. The van der Waals surface area contributed by atoms with Crippen molar-refractivity contribution in [3.63, 3.8) is 0 Å². The number of nitrogens with zero attached hydrogens (tertiary/aromatic N) is 3. The fourth-order valence-electron chi connectivity index (χ4n) is 2.31. The van der Waals surface area contributed by atoms with Crippen molar-refractivity contribution in [3.8, 4) is 0 Å². The van der Waals surface area contributed by atoms with E-state index >= 15 is 0 Å². The lowest BCUT2D eigenvalue weighted by atomic mass is 10.1. The van der Waals surface area contributed by atoms with Crippen LogP contribution < -0.4 is 5.73 Å². The van der Waals surface area contributed by atoms with Crippen molar-refractivity contribution in [2.24, 2.45) is 0 Å². The molecule has 0 bridgehead atoms. The van der Waals surface area contributed by atoms with Crippen molar-refractivity contribution in [1.29, 1.82) is 0 Å². The Kier molecular flexibility index (Phi) is 2.57. The van der Waals surface area contributed by atoms with Gasteiger partial charge >= 0.3 is 0 Å². The summed E-state index contributed by atoms with van der Waals surface area (Å²) in [7, 11) is 0. The monoisotopic (exact) mass is 228 g/mol. The van der Waals surface area contributed by atoms with Gasteiger partial charge in [-0.05, 0) is 17.2 Å². The van der Waals surface area contributed by atoms with Crippen LogP contribution in [-0.4, -0.2) is 21.2 Å². The highest BCUT2D eigenvalue weighted by molar-refractivity contribution is 5.30. The van der Waals surface area contributed by atoms with E-state index in [2.05, 4.69) is 34.3 Å². The average Bonchev–Trinajstić information content (AvgIpc) is 2.91. The third-order valence-electron chi connectivity index (χ3n) is 3.21. The summed E-state index contributed by atoms with van der Waals surface area (Å²) < 4.78 is 1.90. The Labute approximate surface area is 101 Å². The predicted molar refractivity (Wildman–Crippen MR) is 67.2 cm³/mol. The van der Waals surface area contributed by atoms with Crippen LogP contribution in [0.1, 0.15) is 11.1 Å². The number of rotatable bonds is 3. The molecule has 0 radical (unpaired) electrons. The average molecular weight is 228 g/mol. The minimum absolute atomic E-state index is 0.592. The molecule has 3 rings (SSSR count). The lowest BCUT2D eigenvalue weighted by Crippen LogP contribution is -2.22. The van der Waals surface area contributed by atoms with Gasteiger partial charge in [-0.3, -0.25) is 9.58 Å². The van der Waals surface area contributed by atoms with E-state index in [-0.39, 0.29) is 0 Å². The molecule has 88 valence electrons. The summed E-state index contributed by atoms with van der Waals surface area (Å²) in [5.74, 6) is 0.592. The largest absolute Gasteiger partial charge is 0.382 e. The SMILES string of the molecule is Nc1ccn(CCN2Cc3ccccc3C2)n1. The molecule has 4 heteroatoms. The molecule has 17 heavy (non-hydrogen) atoms. The summed E-state index contributed by atoms with van der Waals surface area (Å²) in [4.78, 5) is 2.43. The Bertz CT molecular complexity index is 493. The highest BCUT2D eigenvalue weighted by Gasteiger charge is 2.17. The highest BCUT2D eigenvalue weighted by Crippen LogP contribution is 2.21. The molecule has 0 atom stereocenters. The molecule has 1 aromatic heterocycles. The second-order valence-electron chi connectivity index (χ2n) is 4.48. The molecular formula is C13H16N4. The van der Waals surface area contributed by atoms with Gasteiger partial charge in [-0.15, -0.1) is 0 Å². The predicted octanol–water partition coefficient (Wildman–Crippen LogP) is 1.48. The van der Waals surface area contributed by atoms with Gasteiger partial charge in [0.25, 0.3) is 0 Å². The fourth-order valence-corrected chi connectivity index (χ4v) is 2.31. The molecule has 1 aliphatic heterocycles. The van der Waals surface area contributed by atoms with Gasteiger partial charge in [-0.25, -0.2) is 0 Å². The summed E-state index contributed by atoms with van der Waals surface area (Å²) >= 11 is 0. The Hall–Kier alpha value is -1.81. The number of aromatic nitrogens is 2. The molecule has 2 aromatic rings. The van der Waals surface area contributed by atoms with Crippen LogP contribution >= 0.6 is 0 Å². The van der Waals surface area contributed by atoms with Gasteiger partial charge in [0.1, 0.15) is 5.82 Å². The summed E-state index contributed by atoms with van der Waals surface area (Å²) in [5.41, 5.74) is 8.49. The molecule has 0 unspecified atom stereocenters. The van der Waals surface area contributed by atoms with Gasteiger partial charge in [0.15, 0.2) is 0 Å². The Morgan fingerprint density at radius 3 is 2.35 bits per heavy atom. The van der Waals surface area contributed by atoms with E-state index in [1.54, 1.807) is 0 Å². The molecule has 0 fully saturated rings. The lowest BCUT2D eigenvalue weighted by Gasteiger charge is -2.14. The molecule has 1 aliphatic rings. The van der Waals surface area contributed by atoms with Crippen LogP contribution in [0.4, 0.5) is 5.82 Å². The van der Waals surface area contributed by atoms with Crippen LogP contribution in [0.2, 0.25) is 0 Å². The molecule has 1 aromatic carbocycles. The van der Waals surface area contributed by atoms with E-state index in [0.29, 0.717) is 5.82 Å². The maximum absolute atomic E-state index is 5.59. The van der Waals surface area contributed by atoms with Crippen LogP contribution in [0.15, 0.2) is 36.5 Å². The molecule has 2 heterocycles. The number of hydrogen-bond acceptors (Lipinski definition) is 3. The van der Waals surface area contributed by atoms with Gasteiger partial charge in [-0.1, -0.05) is 24.3 Å². The van der Waals surface area contributed by atoms with E-state index in [0.717, 1.165) is 26.2 Å². The fraction of sp³-hybridized carbons (Fsp3) is 0.308. The maximum atomic E-state index is 5.59. The molecule has 0 amide bonds. The number of nitrogens with two attached hydrogens (primary N) is 1. The summed E-state index contributed by atoms with van der Waals surface area (Å²) in [6, 6.07) is 10.5. The number of fused-ring (bicyclic) bond motifs is 1. The van der Waals surface area contributed by atoms with Crippen LogP contribution in [0.5, 0.6) is 0 Å². The summed E-state index contributed by atoms with van der Waals surface area (Å²) in [5, 5.41) is 4.19. The molecular weight excluding hydrogens is 212 g/mol. The Morgan fingerprint density at radius 2 is 1.76 bits per heavy atom. The van der Waals surface area contributed by atoms with E-state index < -0.39 is 0 Å². The molecule has 4 nitrogen and oxygen atoms in total. The lowest BCUT2D eigenvalue weighted by molar-refractivity contribution is 0.267. The standard InChI is InChI=1S/C13H16N4/c14-13-5-6-17(15-13)8-7-16-9-11-3-1-2-4-12(11)10-16/h1-6H,7-10H2,(H2,14,15).